The van der Waals surface area contributed by atoms with Gasteiger partial charge in [-0.15, -0.1) is 0 Å². The zero-order valence-corrected chi connectivity index (χ0v) is 9.76. The minimum atomic E-state index is -2.03. The monoisotopic (exact) mass is 272 g/mol. The Hall–Kier alpha value is -1.46. The van der Waals surface area contributed by atoms with Crippen LogP contribution >= 0.6 is 0 Å². The van der Waals surface area contributed by atoms with Crippen LogP contribution < -0.4 is 16.7 Å². The van der Waals surface area contributed by atoms with Gasteiger partial charge in [-0.2, -0.15) is 0 Å². The van der Waals surface area contributed by atoms with Crippen molar-refractivity contribution < 1.29 is 25.0 Å². The van der Waals surface area contributed by atoms with Crippen LogP contribution in [-0.2, 0) is 4.74 Å². The molecule has 0 aliphatic carbocycles. The summed E-state index contributed by atoms with van der Waals surface area (Å²) in [6, 6.07) is 0. The zero-order chi connectivity index (χ0) is 14.2. The van der Waals surface area contributed by atoms with E-state index in [2.05, 4.69) is 0 Å². The predicted octanol–water partition coefficient (Wildman–Crippen LogP) is -4.14. The van der Waals surface area contributed by atoms with Gasteiger partial charge in [-0.1, -0.05) is 0 Å². The van der Waals surface area contributed by atoms with Gasteiger partial charge in [0.25, 0.3) is 5.56 Å². The first-order valence-corrected chi connectivity index (χ1v) is 5.60. The first-order valence-electron chi connectivity index (χ1n) is 5.60. The van der Waals surface area contributed by atoms with Gasteiger partial charge in [0.2, 0.25) is 0 Å². The predicted molar refractivity (Wildman–Crippen MR) is 62.8 cm³/mol. The SMILES string of the molecule is O=c1[nH]c(=O)n([C@@H]2CC(O)[C@H](CO)O2)cc1B(O)O. The lowest BCUT2D eigenvalue weighted by atomic mass is 9.82. The van der Waals surface area contributed by atoms with Crippen molar-refractivity contribution in [2.24, 2.45) is 0 Å². The molecule has 2 heterocycles. The molecule has 0 bridgehead atoms. The molecule has 0 spiro atoms. The molecule has 0 saturated carbocycles. The molecule has 0 aromatic carbocycles. The second-order valence-corrected chi connectivity index (χ2v) is 4.24. The fourth-order valence-electron chi connectivity index (χ4n) is 1.95. The van der Waals surface area contributed by atoms with Gasteiger partial charge >= 0.3 is 12.8 Å². The van der Waals surface area contributed by atoms with Gasteiger partial charge < -0.3 is 25.0 Å². The number of nitrogens with one attached hydrogen (secondary N) is 1. The summed E-state index contributed by atoms with van der Waals surface area (Å²) in [7, 11) is -2.03. The summed E-state index contributed by atoms with van der Waals surface area (Å²) in [5, 5.41) is 36.5. The molecule has 0 amide bonds. The summed E-state index contributed by atoms with van der Waals surface area (Å²) in [5.41, 5.74) is -2.12. The molecule has 9 nitrogen and oxygen atoms in total. The maximum Gasteiger partial charge on any atom is 0.495 e. The Kier molecular flexibility index (Phi) is 3.87. The summed E-state index contributed by atoms with van der Waals surface area (Å²) >= 11 is 0. The molecule has 5 N–H and O–H groups in total. The van der Waals surface area contributed by atoms with E-state index in [1.807, 2.05) is 4.98 Å². The molecule has 1 aromatic rings. The molecule has 0 radical (unpaired) electrons. The summed E-state index contributed by atoms with van der Waals surface area (Å²) in [6.07, 6.45) is -1.67. The molecule has 10 heteroatoms. The van der Waals surface area contributed by atoms with Crippen molar-refractivity contribution >= 4 is 12.6 Å². The fraction of sp³-hybridized carbons (Fsp3) is 0.556. The molecule has 1 saturated heterocycles. The third-order valence-electron chi connectivity index (χ3n) is 2.97. The topological polar surface area (TPSA) is 145 Å². The van der Waals surface area contributed by atoms with Gasteiger partial charge in [0, 0.05) is 12.6 Å². The third-order valence-corrected chi connectivity index (χ3v) is 2.97. The van der Waals surface area contributed by atoms with Gasteiger partial charge in [0.15, 0.2) is 0 Å². The maximum atomic E-state index is 11.6. The van der Waals surface area contributed by atoms with Crippen molar-refractivity contribution in [3.63, 3.8) is 0 Å². The number of rotatable bonds is 3. The number of aliphatic hydroxyl groups excluding tert-OH is 2. The van der Waals surface area contributed by atoms with Crippen LogP contribution in [0.25, 0.3) is 0 Å². The second-order valence-electron chi connectivity index (χ2n) is 4.24. The van der Waals surface area contributed by atoms with Crippen LogP contribution in [0.5, 0.6) is 0 Å². The lowest BCUT2D eigenvalue weighted by Gasteiger charge is -2.15. The first-order chi connectivity index (χ1) is 8.93. The normalized spacial score (nSPS) is 26.6. The quantitative estimate of drug-likeness (QED) is 0.351. The summed E-state index contributed by atoms with van der Waals surface area (Å²) in [6.45, 7) is -0.411. The van der Waals surface area contributed by atoms with Crippen LogP contribution in [0.2, 0.25) is 0 Å². The van der Waals surface area contributed by atoms with Crippen molar-refractivity contribution in [1.82, 2.24) is 9.55 Å². The molecule has 3 atom stereocenters. The van der Waals surface area contributed by atoms with Gasteiger partial charge in [-0.3, -0.25) is 14.3 Å². The van der Waals surface area contributed by atoms with E-state index in [-0.39, 0.29) is 6.42 Å². The van der Waals surface area contributed by atoms with Crippen molar-refractivity contribution in [2.75, 3.05) is 6.61 Å². The minimum Gasteiger partial charge on any atom is -0.423 e. The van der Waals surface area contributed by atoms with E-state index < -0.39 is 48.9 Å². The molecule has 1 aromatic heterocycles. The Labute approximate surface area is 106 Å². The van der Waals surface area contributed by atoms with E-state index in [4.69, 9.17) is 19.9 Å². The average Bonchev–Trinajstić information content (AvgIpc) is 2.69. The van der Waals surface area contributed by atoms with Crippen molar-refractivity contribution in [1.29, 1.82) is 0 Å². The van der Waals surface area contributed by atoms with Crippen molar-refractivity contribution in [3.8, 4) is 0 Å². The highest BCUT2D eigenvalue weighted by atomic mass is 16.5. The minimum absolute atomic E-state index is 0.0398. The number of H-pyrrole nitrogens is 1. The van der Waals surface area contributed by atoms with Crippen LogP contribution in [0, 0.1) is 0 Å². The first kappa shape index (κ1) is 14.0. The number of aromatic nitrogens is 2. The highest BCUT2D eigenvalue weighted by molar-refractivity contribution is 6.58. The number of ether oxygens (including phenoxy) is 1. The van der Waals surface area contributed by atoms with Gasteiger partial charge in [-0.05, 0) is 0 Å². The van der Waals surface area contributed by atoms with Gasteiger partial charge in [0.1, 0.15) is 12.3 Å². The van der Waals surface area contributed by atoms with Crippen LogP contribution in [0.15, 0.2) is 15.8 Å². The van der Waals surface area contributed by atoms with E-state index in [1.54, 1.807) is 0 Å². The van der Waals surface area contributed by atoms with Crippen LogP contribution in [0.4, 0.5) is 0 Å². The lowest BCUT2D eigenvalue weighted by Crippen LogP contribution is -2.49. The molecule has 1 aliphatic heterocycles. The average molecular weight is 272 g/mol. The Morgan fingerprint density at radius 2 is 2.16 bits per heavy atom. The lowest BCUT2D eigenvalue weighted by molar-refractivity contribution is -0.0458. The second kappa shape index (κ2) is 5.27. The standard InChI is InChI=1S/C9H13BN2O7/c13-3-6-5(14)1-7(19-6)12-2-4(10(17)18)8(15)11-9(12)16/h2,5-7,13-14,17-18H,1,3H2,(H,11,15,16)/t5?,6-,7-/m0/s1. The molecular formula is C9H13BN2O7. The summed E-state index contributed by atoms with van der Waals surface area (Å²) in [4.78, 5) is 24.9. The number of aliphatic hydroxyl groups is 2. The fourth-order valence-corrected chi connectivity index (χ4v) is 1.95. The number of hydrogen-bond acceptors (Lipinski definition) is 7. The number of aromatic amines is 1. The Morgan fingerprint density at radius 1 is 1.47 bits per heavy atom. The molecule has 1 aliphatic rings. The summed E-state index contributed by atoms with van der Waals surface area (Å²) in [5.74, 6) is 0. The highest BCUT2D eigenvalue weighted by Crippen LogP contribution is 2.26. The van der Waals surface area contributed by atoms with Gasteiger partial charge in [-0.25, -0.2) is 4.79 Å². The number of hydrogen-bond donors (Lipinski definition) is 5. The molecule has 1 unspecified atom stereocenters. The Morgan fingerprint density at radius 3 is 2.68 bits per heavy atom. The Bertz CT molecular complexity index is 568. The molecule has 19 heavy (non-hydrogen) atoms. The molecular weight excluding hydrogens is 259 g/mol. The van der Waals surface area contributed by atoms with Crippen molar-refractivity contribution in [3.05, 3.63) is 27.0 Å². The van der Waals surface area contributed by atoms with Crippen LogP contribution in [-0.4, -0.2) is 55.7 Å². The van der Waals surface area contributed by atoms with Crippen LogP contribution in [0.1, 0.15) is 12.6 Å². The third kappa shape index (κ3) is 2.62. The maximum absolute atomic E-state index is 11.6. The summed E-state index contributed by atoms with van der Waals surface area (Å²) < 4.78 is 6.18. The molecule has 104 valence electrons. The van der Waals surface area contributed by atoms with Gasteiger partial charge in [0.05, 0.1) is 18.2 Å². The van der Waals surface area contributed by atoms with E-state index in [0.717, 1.165) is 10.8 Å². The Balaban J connectivity index is 2.38. The van der Waals surface area contributed by atoms with Crippen LogP contribution in [0.3, 0.4) is 0 Å². The van der Waals surface area contributed by atoms with E-state index in [1.165, 1.54) is 0 Å². The molecule has 2 rings (SSSR count). The largest absolute Gasteiger partial charge is 0.495 e. The van der Waals surface area contributed by atoms with Crippen molar-refractivity contribution in [2.45, 2.75) is 24.9 Å². The highest BCUT2D eigenvalue weighted by Gasteiger charge is 2.35. The van der Waals surface area contributed by atoms with E-state index in [9.17, 15) is 14.7 Å². The molecule has 1 fully saturated rings. The van der Waals surface area contributed by atoms with E-state index in [0.29, 0.717) is 0 Å². The zero-order valence-electron chi connectivity index (χ0n) is 9.76. The van der Waals surface area contributed by atoms with E-state index >= 15 is 0 Å². The number of nitrogens with zero attached hydrogens (tertiary/aromatic N) is 1. The smallest absolute Gasteiger partial charge is 0.423 e.